The van der Waals surface area contributed by atoms with E-state index in [1.165, 1.54) is 38.1 Å². The van der Waals surface area contributed by atoms with Gasteiger partial charge in [-0.2, -0.15) is 0 Å². The maximum atomic E-state index is 5.15. The lowest BCUT2D eigenvalue weighted by molar-refractivity contribution is 0.444. The minimum Gasteiger partial charge on any atom is -0.256 e. The topological polar surface area (TPSA) is 38.7 Å². The van der Waals surface area contributed by atoms with Crippen LogP contribution in [0.4, 0.5) is 0 Å². The number of thioether (sulfide) groups is 1. The van der Waals surface area contributed by atoms with Crippen LogP contribution in [0.1, 0.15) is 24.0 Å². The largest absolute Gasteiger partial charge is 0.256 e. The number of fused-ring (bicyclic) bond motifs is 3. The summed E-state index contributed by atoms with van der Waals surface area (Å²) in [5, 5.41) is 1.49. The molecule has 5 aromatic carbocycles. The molecule has 54 heavy (non-hydrogen) atoms. The van der Waals surface area contributed by atoms with Gasteiger partial charge in [0.1, 0.15) is 0 Å². The van der Waals surface area contributed by atoms with Crippen molar-refractivity contribution < 1.29 is 0 Å². The molecular weight excluding hydrogens is 675 g/mol. The molecule has 1 aliphatic heterocycles. The van der Waals surface area contributed by atoms with E-state index in [4.69, 9.17) is 9.97 Å². The highest BCUT2D eigenvalue weighted by Crippen LogP contribution is 2.60. The fraction of sp³-hybridized carbons (Fsp3) is 0.100. The molecule has 1 saturated heterocycles. The van der Waals surface area contributed by atoms with Gasteiger partial charge in [-0.05, 0) is 58.9 Å². The van der Waals surface area contributed by atoms with Gasteiger partial charge in [-0.1, -0.05) is 164 Å². The Kier molecular flexibility index (Phi) is 8.26. The number of aromatic nitrogens is 3. The molecule has 0 bridgehead atoms. The fourth-order valence-corrected chi connectivity index (χ4v) is 10.1. The van der Waals surface area contributed by atoms with Gasteiger partial charge < -0.3 is 0 Å². The van der Waals surface area contributed by atoms with E-state index in [2.05, 4.69) is 157 Å². The smallest absolute Gasteiger partial charge is 0.160 e. The van der Waals surface area contributed by atoms with Gasteiger partial charge in [-0.3, -0.25) is 4.98 Å². The van der Waals surface area contributed by atoms with Crippen molar-refractivity contribution in [2.45, 2.75) is 23.5 Å². The molecule has 3 atom stereocenters. The summed E-state index contributed by atoms with van der Waals surface area (Å²) in [6.07, 6.45) is 18.3. The van der Waals surface area contributed by atoms with Gasteiger partial charge in [-0.15, -0.1) is 11.8 Å². The van der Waals surface area contributed by atoms with Crippen molar-refractivity contribution >= 4 is 22.7 Å². The highest BCUT2D eigenvalue weighted by atomic mass is 32.2. The van der Waals surface area contributed by atoms with Crippen molar-refractivity contribution in [1.82, 2.24) is 15.0 Å². The number of rotatable bonds is 6. The van der Waals surface area contributed by atoms with Crippen LogP contribution in [0.15, 0.2) is 199 Å². The Balaban J connectivity index is 1.13. The van der Waals surface area contributed by atoms with Crippen LogP contribution in [0.2, 0.25) is 0 Å². The molecule has 7 aromatic rings. The number of allylic oxidation sites excluding steroid dienone is 6. The van der Waals surface area contributed by atoms with Crippen LogP contribution in [0.3, 0.4) is 0 Å². The number of pyridine rings is 1. The standard InChI is InChI=1S/C50H37N3S/c1-3-13-35(14-4-1)45-33-46(53-49(52-45)37-15-5-2-6-16-37)36-26-30-39(31-27-36)50(42-19-7-9-22-47(42)54-48-23-10-8-20-43(48)50)38-28-24-34(25-29-38)40-17-11-21-44-41(40)18-12-32-51-44/h1-7,9,11-33,42,47H,8,10H2. The first kappa shape index (κ1) is 32.5. The molecule has 10 rings (SSSR count). The molecule has 2 aliphatic carbocycles. The van der Waals surface area contributed by atoms with Gasteiger partial charge in [0.05, 0.1) is 22.3 Å². The minimum atomic E-state index is -0.378. The molecule has 4 heteroatoms. The number of nitrogens with zero attached hydrogens (tertiary/aromatic N) is 3. The number of hydrogen-bond acceptors (Lipinski definition) is 4. The molecule has 2 aromatic heterocycles. The summed E-state index contributed by atoms with van der Waals surface area (Å²) >= 11 is 2.02. The second-order valence-electron chi connectivity index (χ2n) is 14.2. The van der Waals surface area contributed by atoms with Crippen LogP contribution in [-0.4, -0.2) is 20.2 Å². The maximum absolute atomic E-state index is 5.15. The Morgan fingerprint density at radius 1 is 0.556 bits per heavy atom. The molecular formula is C50H37N3S. The van der Waals surface area contributed by atoms with Crippen molar-refractivity contribution in [3.8, 4) is 45.0 Å². The second-order valence-corrected chi connectivity index (χ2v) is 15.4. The van der Waals surface area contributed by atoms with E-state index in [0.717, 1.165) is 52.3 Å². The summed E-state index contributed by atoms with van der Waals surface area (Å²) in [6.45, 7) is 0. The molecule has 3 nitrogen and oxygen atoms in total. The molecule has 0 N–H and O–H groups in total. The van der Waals surface area contributed by atoms with Crippen LogP contribution in [0.5, 0.6) is 0 Å². The van der Waals surface area contributed by atoms with Crippen LogP contribution in [-0.2, 0) is 5.41 Å². The average molecular weight is 712 g/mol. The molecule has 258 valence electrons. The zero-order valence-electron chi connectivity index (χ0n) is 29.7. The summed E-state index contributed by atoms with van der Waals surface area (Å²) in [6, 6.07) is 52.0. The highest BCUT2D eigenvalue weighted by molar-refractivity contribution is 8.04. The van der Waals surface area contributed by atoms with E-state index < -0.39 is 0 Å². The van der Waals surface area contributed by atoms with Crippen LogP contribution < -0.4 is 0 Å². The first-order chi connectivity index (χ1) is 26.8. The van der Waals surface area contributed by atoms with Gasteiger partial charge in [-0.25, -0.2) is 9.97 Å². The predicted octanol–water partition coefficient (Wildman–Crippen LogP) is 12.4. The monoisotopic (exact) mass is 711 g/mol. The molecule has 3 unspecified atom stereocenters. The van der Waals surface area contributed by atoms with Crippen molar-refractivity contribution in [3.05, 3.63) is 210 Å². The van der Waals surface area contributed by atoms with Gasteiger partial charge in [0.15, 0.2) is 5.82 Å². The van der Waals surface area contributed by atoms with Crippen molar-refractivity contribution in [1.29, 1.82) is 0 Å². The van der Waals surface area contributed by atoms with Gasteiger partial charge in [0.2, 0.25) is 0 Å². The lowest BCUT2D eigenvalue weighted by Crippen LogP contribution is -2.46. The average Bonchev–Trinajstić information content (AvgIpc) is 3.26. The Morgan fingerprint density at radius 2 is 1.20 bits per heavy atom. The van der Waals surface area contributed by atoms with Crippen molar-refractivity contribution in [3.63, 3.8) is 0 Å². The molecule has 1 fully saturated rings. The zero-order valence-corrected chi connectivity index (χ0v) is 30.5. The molecule has 0 spiro atoms. The third-order valence-electron chi connectivity index (χ3n) is 11.1. The summed E-state index contributed by atoms with van der Waals surface area (Å²) < 4.78 is 0. The Morgan fingerprint density at radius 3 is 1.94 bits per heavy atom. The fourth-order valence-electron chi connectivity index (χ4n) is 8.64. The summed E-state index contributed by atoms with van der Waals surface area (Å²) in [4.78, 5) is 16.2. The van der Waals surface area contributed by atoms with Gasteiger partial charge >= 0.3 is 0 Å². The summed E-state index contributed by atoms with van der Waals surface area (Å²) in [5.74, 6) is 0.962. The third-order valence-corrected chi connectivity index (χ3v) is 12.5. The predicted molar refractivity (Wildman–Crippen MR) is 225 cm³/mol. The zero-order chi connectivity index (χ0) is 35.9. The quantitative estimate of drug-likeness (QED) is 0.172. The Hall–Kier alpha value is -6.10. The highest BCUT2D eigenvalue weighted by Gasteiger charge is 2.52. The minimum absolute atomic E-state index is 0.237. The van der Waals surface area contributed by atoms with E-state index >= 15 is 0 Å². The molecule has 0 amide bonds. The van der Waals surface area contributed by atoms with Crippen LogP contribution >= 0.6 is 11.8 Å². The lowest BCUT2D eigenvalue weighted by atomic mass is 9.58. The van der Waals surface area contributed by atoms with Gasteiger partial charge in [0.25, 0.3) is 0 Å². The third kappa shape index (κ3) is 5.57. The van der Waals surface area contributed by atoms with E-state index in [9.17, 15) is 0 Å². The van der Waals surface area contributed by atoms with E-state index in [1.54, 1.807) is 0 Å². The van der Waals surface area contributed by atoms with E-state index in [0.29, 0.717) is 5.25 Å². The molecule has 3 aliphatic rings. The molecule has 3 heterocycles. The van der Waals surface area contributed by atoms with E-state index in [-0.39, 0.29) is 11.3 Å². The van der Waals surface area contributed by atoms with Crippen molar-refractivity contribution in [2.75, 3.05) is 0 Å². The molecule has 0 saturated carbocycles. The van der Waals surface area contributed by atoms with Crippen LogP contribution in [0, 0.1) is 5.92 Å². The van der Waals surface area contributed by atoms with Crippen LogP contribution in [0.25, 0.3) is 55.9 Å². The number of hydrogen-bond donors (Lipinski definition) is 0. The second kappa shape index (κ2) is 13.7. The first-order valence-corrected chi connectivity index (χ1v) is 19.6. The first-order valence-electron chi connectivity index (χ1n) is 18.7. The summed E-state index contributed by atoms with van der Waals surface area (Å²) in [7, 11) is 0. The molecule has 0 radical (unpaired) electrons. The van der Waals surface area contributed by atoms with Gasteiger partial charge in [0, 0.05) is 44.3 Å². The maximum Gasteiger partial charge on any atom is 0.160 e. The summed E-state index contributed by atoms with van der Waals surface area (Å²) in [5.41, 5.74) is 12.0. The lowest BCUT2D eigenvalue weighted by Gasteiger charge is -2.51. The van der Waals surface area contributed by atoms with Crippen molar-refractivity contribution in [2.24, 2.45) is 5.92 Å². The Bertz CT molecular complexity index is 2560. The SMILES string of the molecule is C1=CC2SC3=CCCC=C3C(c3ccc(-c4cc(-c5ccccc5)nc(-c5ccccc5)n4)cc3)(c3ccc(-c4cccc5ncccc45)cc3)C2C=C1. The number of benzene rings is 5. The van der Waals surface area contributed by atoms with E-state index in [1.807, 2.05) is 48.3 Å². The Labute approximate surface area is 320 Å². The normalized spacial score (nSPS) is 20.1.